The quantitative estimate of drug-likeness (QED) is 0.828. The average molecular weight is 281 g/mol. The van der Waals surface area contributed by atoms with E-state index >= 15 is 0 Å². The van der Waals surface area contributed by atoms with Gasteiger partial charge in [0.2, 0.25) is 0 Å². The van der Waals surface area contributed by atoms with Crippen LogP contribution in [0.15, 0.2) is 35.7 Å². The molecule has 102 valence electrons. The van der Waals surface area contributed by atoms with E-state index in [1.165, 1.54) is 23.1 Å². The standard InChI is InChI=1S/C15H17F2NS/c1-3-13(14-8-5-9-19-14)18-10(2)15-11(16)6-4-7-12(15)17/h4-10,13,18H,3H2,1-2H3. The van der Waals surface area contributed by atoms with Gasteiger partial charge in [0.15, 0.2) is 0 Å². The maximum absolute atomic E-state index is 13.7. The zero-order valence-corrected chi connectivity index (χ0v) is 11.8. The second-order valence-electron chi connectivity index (χ2n) is 4.50. The van der Waals surface area contributed by atoms with Crippen LogP contribution in [0.5, 0.6) is 0 Å². The van der Waals surface area contributed by atoms with Crippen LogP contribution in [-0.2, 0) is 0 Å². The topological polar surface area (TPSA) is 12.0 Å². The van der Waals surface area contributed by atoms with Crippen LogP contribution in [0.1, 0.15) is 42.8 Å². The fourth-order valence-corrected chi connectivity index (χ4v) is 3.07. The summed E-state index contributed by atoms with van der Waals surface area (Å²) < 4.78 is 27.4. The Morgan fingerprint density at radius 1 is 1.16 bits per heavy atom. The van der Waals surface area contributed by atoms with Gasteiger partial charge < -0.3 is 5.32 Å². The summed E-state index contributed by atoms with van der Waals surface area (Å²) in [5.74, 6) is -0.998. The Morgan fingerprint density at radius 3 is 2.37 bits per heavy atom. The Balaban J connectivity index is 2.18. The van der Waals surface area contributed by atoms with Crippen molar-refractivity contribution in [3.05, 3.63) is 57.8 Å². The molecule has 4 heteroatoms. The van der Waals surface area contributed by atoms with Crippen molar-refractivity contribution in [1.82, 2.24) is 5.32 Å². The van der Waals surface area contributed by atoms with Crippen molar-refractivity contribution in [2.75, 3.05) is 0 Å². The number of thiophene rings is 1. The van der Waals surface area contributed by atoms with Gasteiger partial charge in [-0.05, 0) is 36.9 Å². The van der Waals surface area contributed by atoms with Crippen molar-refractivity contribution in [3.63, 3.8) is 0 Å². The molecule has 1 heterocycles. The highest BCUT2D eigenvalue weighted by Crippen LogP contribution is 2.27. The van der Waals surface area contributed by atoms with Gasteiger partial charge in [-0.25, -0.2) is 8.78 Å². The average Bonchev–Trinajstić information content (AvgIpc) is 2.89. The predicted octanol–water partition coefficient (Wildman–Crippen LogP) is 4.83. The molecule has 2 unspecified atom stereocenters. The highest BCUT2D eigenvalue weighted by molar-refractivity contribution is 7.10. The number of nitrogens with one attached hydrogen (secondary N) is 1. The maximum atomic E-state index is 13.7. The van der Waals surface area contributed by atoms with Crippen molar-refractivity contribution in [2.24, 2.45) is 0 Å². The minimum Gasteiger partial charge on any atom is -0.302 e. The van der Waals surface area contributed by atoms with Gasteiger partial charge in [-0.3, -0.25) is 0 Å². The summed E-state index contributed by atoms with van der Waals surface area (Å²) in [6.45, 7) is 3.85. The molecular formula is C15H17F2NS. The summed E-state index contributed by atoms with van der Waals surface area (Å²) in [6.07, 6.45) is 0.876. The van der Waals surface area contributed by atoms with E-state index in [-0.39, 0.29) is 17.6 Å². The number of halogens is 2. The van der Waals surface area contributed by atoms with Gasteiger partial charge in [0.05, 0.1) is 0 Å². The molecule has 0 aliphatic rings. The van der Waals surface area contributed by atoms with Gasteiger partial charge in [-0.2, -0.15) is 0 Å². The van der Waals surface area contributed by atoms with Crippen LogP contribution >= 0.6 is 11.3 Å². The van der Waals surface area contributed by atoms with Gasteiger partial charge >= 0.3 is 0 Å². The molecule has 2 atom stereocenters. The third kappa shape index (κ3) is 3.19. The Bertz CT molecular complexity index is 505. The molecule has 0 spiro atoms. The first-order chi connectivity index (χ1) is 9.13. The molecule has 2 rings (SSSR count). The number of hydrogen-bond donors (Lipinski definition) is 1. The van der Waals surface area contributed by atoms with Crippen molar-refractivity contribution < 1.29 is 8.78 Å². The van der Waals surface area contributed by atoms with E-state index in [0.29, 0.717) is 0 Å². The molecule has 1 nitrogen and oxygen atoms in total. The lowest BCUT2D eigenvalue weighted by atomic mass is 10.0. The van der Waals surface area contributed by atoms with E-state index < -0.39 is 11.6 Å². The van der Waals surface area contributed by atoms with Crippen LogP contribution in [-0.4, -0.2) is 0 Å². The molecule has 0 saturated carbocycles. The van der Waals surface area contributed by atoms with Gasteiger partial charge in [0.1, 0.15) is 11.6 Å². The molecule has 0 amide bonds. The van der Waals surface area contributed by atoms with Crippen molar-refractivity contribution in [1.29, 1.82) is 0 Å². The summed E-state index contributed by atoms with van der Waals surface area (Å²) in [7, 11) is 0. The molecule has 0 radical (unpaired) electrons. The van der Waals surface area contributed by atoms with E-state index in [9.17, 15) is 8.78 Å². The van der Waals surface area contributed by atoms with Crippen LogP contribution in [0.3, 0.4) is 0 Å². The van der Waals surface area contributed by atoms with Crippen LogP contribution < -0.4 is 5.32 Å². The van der Waals surface area contributed by atoms with Crippen LogP contribution in [0.4, 0.5) is 8.78 Å². The third-order valence-electron chi connectivity index (χ3n) is 3.18. The predicted molar refractivity (Wildman–Crippen MR) is 75.3 cm³/mol. The Morgan fingerprint density at radius 2 is 1.84 bits per heavy atom. The highest BCUT2D eigenvalue weighted by Gasteiger charge is 2.19. The Kier molecular flexibility index (Phi) is 4.66. The van der Waals surface area contributed by atoms with E-state index in [4.69, 9.17) is 0 Å². The molecule has 1 aromatic carbocycles. The minimum atomic E-state index is -0.499. The van der Waals surface area contributed by atoms with Gasteiger partial charge in [0.25, 0.3) is 0 Å². The van der Waals surface area contributed by atoms with Crippen LogP contribution in [0.25, 0.3) is 0 Å². The Labute approximate surface area is 116 Å². The minimum absolute atomic E-state index is 0.109. The van der Waals surface area contributed by atoms with E-state index in [1.807, 2.05) is 17.5 Å². The second kappa shape index (κ2) is 6.26. The summed E-state index contributed by atoms with van der Waals surface area (Å²) in [6, 6.07) is 7.75. The van der Waals surface area contributed by atoms with E-state index in [2.05, 4.69) is 12.2 Å². The molecule has 2 aromatic rings. The molecule has 0 bridgehead atoms. The maximum Gasteiger partial charge on any atom is 0.130 e. The summed E-state index contributed by atoms with van der Waals surface area (Å²) >= 11 is 1.65. The zero-order valence-electron chi connectivity index (χ0n) is 11.0. The largest absolute Gasteiger partial charge is 0.302 e. The van der Waals surface area contributed by atoms with E-state index in [1.54, 1.807) is 18.3 Å². The second-order valence-corrected chi connectivity index (χ2v) is 5.48. The first-order valence-corrected chi connectivity index (χ1v) is 7.24. The fourth-order valence-electron chi connectivity index (χ4n) is 2.20. The van der Waals surface area contributed by atoms with Crippen LogP contribution in [0, 0.1) is 11.6 Å². The number of hydrogen-bond acceptors (Lipinski definition) is 2. The monoisotopic (exact) mass is 281 g/mol. The third-order valence-corrected chi connectivity index (χ3v) is 4.16. The van der Waals surface area contributed by atoms with Crippen molar-refractivity contribution >= 4 is 11.3 Å². The summed E-state index contributed by atoms with van der Waals surface area (Å²) in [5, 5.41) is 5.31. The number of rotatable bonds is 5. The first-order valence-electron chi connectivity index (χ1n) is 6.36. The molecule has 0 aliphatic heterocycles. The SMILES string of the molecule is CCC(NC(C)c1c(F)cccc1F)c1cccs1. The lowest BCUT2D eigenvalue weighted by Crippen LogP contribution is -2.25. The van der Waals surface area contributed by atoms with Crippen molar-refractivity contribution in [3.8, 4) is 0 Å². The molecule has 1 aromatic heterocycles. The number of benzene rings is 1. The smallest absolute Gasteiger partial charge is 0.130 e. The van der Waals surface area contributed by atoms with Crippen LogP contribution in [0.2, 0.25) is 0 Å². The molecule has 0 aliphatic carbocycles. The van der Waals surface area contributed by atoms with Gasteiger partial charge in [0, 0.05) is 22.5 Å². The molecule has 1 N–H and O–H groups in total. The Hall–Kier alpha value is -1.26. The normalized spacial score (nSPS) is 14.3. The molecule has 0 saturated heterocycles. The molecule has 0 fully saturated rings. The zero-order chi connectivity index (χ0) is 13.8. The molecule has 19 heavy (non-hydrogen) atoms. The summed E-state index contributed by atoms with van der Waals surface area (Å²) in [5.41, 5.74) is 0.109. The lowest BCUT2D eigenvalue weighted by molar-refractivity contribution is 0.429. The molecular weight excluding hydrogens is 264 g/mol. The fraction of sp³-hybridized carbons (Fsp3) is 0.333. The summed E-state index contributed by atoms with van der Waals surface area (Å²) in [4.78, 5) is 1.19. The van der Waals surface area contributed by atoms with Gasteiger partial charge in [-0.1, -0.05) is 19.1 Å². The van der Waals surface area contributed by atoms with E-state index in [0.717, 1.165) is 6.42 Å². The van der Waals surface area contributed by atoms with Crippen molar-refractivity contribution in [2.45, 2.75) is 32.4 Å². The van der Waals surface area contributed by atoms with Gasteiger partial charge in [-0.15, -0.1) is 11.3 Å². The highest BCUT2D eigenvalue weighted by atomic mass is 32.1. The lowest BCUT2D eigenvalue weighted by Gasteiger charge is -2.22. The first kappa shape index (κ1) is 14.2.